The van der Waals surface area contributed by atoms with E-state index >= 15 is 0 Å². The smallest absolute Gasteiger partial charge is 0.319 e. The van der Waals surface area contributed by atoms with Crippen LogP contribution in [0.3, 0.4) is 0 Å². The molecule has 1 atom stereocenters. The van der Waals surface area contributed by atoms with Gasteiger partial charge in [-0.15, -0.1) is 0 Å². The number of carbonyl (C=O) groups excluding carboxylic acids is 2. The van der Waals surface area contributed by atoms with Crippen molar-refractivity contribution < 1.29 is 19.2 Å². The van der Waals surface area contributed by atoms with Crippen LogP contribution in [0.25, 0.3) is 0 Å². The number of hydrogen-bond donors (Lipinski definition) is 3. The lowest BCUT2D eigenvalue weighted by Crippen LogP contribution is -2.46. The zero-order chi connectivity index (χ0) is 20.3. The Morgan fingerprint density at radius 1 is 1.21 bits per heavy atom. The highest BCUT2D eigenvalue weighted by Gasteiger charge is 2.32. The average Bonchev–Trinajstić information content (AvgIpc) is 2.67. The Kier molecular flexibility index (Phi) is 5.25. The summed E-state index contributed by atoms with van der Waals surface area (Å²) in [6.45, 7) is 1.60. The molecule has 3 N–H and O–H groups in total. The van der Waals surface area contributed by atoms with E-state index in [1.54, 1.807) is 37.3 Å². The number of benzene rings is 2. The maximum Gasteiger partial charge on any atom is 0.319 e. The predicted octanol–water partition coefficient (Wildman–Crippen LogP) is 2.87. The number of non-ortho nitro benzene ring substituents is 1. The summed E-state index contributed by atoms with van der Waals surface area (Å²) in [7, 11) is 1.49. The number of urea groups is 1. The van der Waals surface area contributed by atoms with Crippen molar-refractivity contribution in [1.82, 2.24) is 10.6 Å². The molecule has 9 nitrogen and oxygen atoms in total. The summed E-state index contributed by atoms with van der Waals surface area (Å²) in [5, 5.41) is 19.1. The monoisotopic (exact) mass is 382 g/mol. The first-order valence-electron chi connectivity index (χ1n) is 8.37. The zero-order valence-electron chi connectivity index (χ0n) is 15.2. The molecule has 0 unspecified atom stereocenters. The first-order valence-corrected chi connectivity index (χ1v) is 8.37. The Hall–Kier alpha value is -3.88. The van der Waals surface area contributed by atoms with Crippen molar-refractivity contribution in [2.45, 2.75) is 13.0 Å². The number of nitrogens with one attached hydrogen (secondary N) is 3. The van der Waals surface area contributed by atoms with Gasteiger partial charge < -0.3 is 20.7 Å². The number of nitro groups is 1. The first kappa shape index (κ1) is 18.9. The summed E-state index contributed by atoms with van der Waals surface area (Å²) in [6, 6.07) is 11.4. The van der Waals surface area contributed by atoms with Gasteiger partial charge >= 0.3 is 6.03 Å². The van der Waals surface area contributed by atoms with E-state index < -0.39 is 22.9 Å². The number of nitrogens with zero attached hydrogens (tertiary/aromatic N) is 1. The Balaban J connectivity index is 1.99. The minimum absolute atomic E-state index is 0.132. The molecule has 28 heavy (non-hydrogen) atoms. The van der Waals surface area contributed by atoms with E-state index in [4.69, 9.17) is 4.74 Å². The molecule has 1 aliphatic rings. The first-order chi connectivity index (χ1) is 13.4. The van der Waals surface area contributed by atoms with Gasteiger partial charge in [-0.05, 0) is 24.6 Å². The van der Waals surface area contributed by atoms with Crippen LogP contribution in [0.2, 0.25) is 0 Å². The number of anilines is 1. The molecule has 1 heterocycles. The Labute approximate surface area is 160 Å². The molecule has 0 aliphatic carbocycles. The summed E-state index contributed by atoms with van der Waals surface area (Å²) in [6.07, 6.45) is 0. The normalized spacial score (nSPS) is 16.1. The number of hydrogen-bond acceptors (Lipinski definition) is 5. The van der Waals surface area contributed by atoms with Gasteiger partial charge in [-0.3, -0.25) is 14.9 Å². The van der Waals surface area contributed by atoms with E-state index in [1.165, 1.54) is 25.3 Å². The van der Waals surface area contributed by atoms with Crippen LogP contribution in [0, 0.1) is 10.1 Å². The molecule has 0 bridgehead atoms. The van der Waals surface area contributed by atoms with Gasteiger partial charge in [-0.1, -0.05) is 24.3 Å². The Bertz CT molecular complexity index is 986. The summed E-state index contributed by atoms with van der Waals surface area (Å²) < 4.78 is 5.24. The lowest BCUT2D eigenvalue weighted by Gasteiger charge is -2.28. The molecule has 144 valence electrons. The number of amides is 3. The van der Waals surface area contributed by atoms with Gasteiger partial charge in [0.1, 0.15) is 5.75 Å². The second-order valence-electron chi connectivity index (χ2n) is 6.08. The SMILES string of the molecule is COc1ccccc1NC(=O)C1=C(C)NC(=O)N[C@H]1c1cccc([N+](=O)[O-])c1. The van der Waals surface area contributed by atoms with Crippen LogP contribution in [-0.2, 0) is 4.79 Å². The molecule has 0 saturated carbocycles. The third-order valence-corrected chi connectivity index (χ3v) is 4.28. The number of allylic oxidation sites excluding steroid dienone is 1. The average molecular weight is 382 g/mol. The molecule has 2 aromatic rings. The topological polar surface area (TPSA) is 123 Å². The number of para-hydroxylation sites is 2. The fourth-order valence-electron chi connectivity index (χ4n) is 3.00. The van der Waals surface area contributed by atoms with E-state index in [-0.39, 0.29) is 11.3 Å². The summed E-state index contributed by atoms with van der Waals surface area (Å²) in [5.41, 5.74) is 1.35. The van der Waals surface area contributed by atoms with Crippen LogP contribution in [-0.4, -0.2) is 24.0 Å². The van der Waals surface area contributed by atoms with E-state index in [0.717, 1.165) is 0 Å². The minimum atomic E-state index is -0.844. The minimum Gasteiger partial charge on any atom is -0.495 e. The van der Waals surface area contributed by atoms with Crippen LogP contribution < -0.4 is 20.7 Å². The maximum absolute atomic E-state index is 13.0. The van der Waals surface area contributed by atoms with Crippen molar-refractivity contribution in [2.75, 3.05) is 12.4 Å². The maximum atomic E-state index is 13.0. The highest BCUT2D eigenvalue weighted by atomic mass is 16.6. The molecule has 0 spiro atoms. The molecule has 0 saturated heterocycles. The summed E-state index contributed by atoms with van der Waals surface area (Å²) >= 11 is 0. The van der Waals surface area contributed by atoms with Gasteiger partial charge in [0, 0.05) is 17.8 Å². The van der Waals surface area contributed by atoms with Crippen molar-refractivity contribution in [3.8, 4) is 5.75 Å². The molecule has 0 radical (unpaired) electrons. The van der Waals surface area contributed by atoms with Gasteiger partial charge in [0.25, 0.3) is 11.6 Å². The number of rotatable bonds is 5. The molecule has 1 aliphatic heterocycles. The van der Waals surface area contributed by atoms with Crippen LogP contribution in [0.4, 0.5) is 16.2 Å². The number of nitro benzene ring substituents is 1. The second kappa shape index (κ2) is 7.78. The lowest BCUT2D eigenvalue weighted by atomic mass is 9.94. The summed E-state index contributed by atoms with van der Waals surface area (Å²) in [5.74, 6) is 0.0137. The van der Waals surface area contributed by atoms with Crippen LogP contribution in [0.15, 0.2) is 59.8 Å². The van der Waals surface area contributed by atoms with E-state index in [9.17, 15) is 19.7 Å². The fraction of sp³-hybridized carbons (Fsp3) is 0.158. The van der Waals surface area contributed by atoms with Crippen molar-refractivity contribution in [3.05, 3.63) is 75.5 Å². The third-order valence-electron chi connectivity index (χ3n) is 4.28. The molecule has 9 heteroatoms. The Morgan fingerprint density at radius 2 is 1.96 bits per heavy atom. The molecule has 3 rings (SSSR count). The number of methoxy groups -OCH3 is 1. The van der Waals surface area contributed by atoms with Crippen LogP contribution >= 0.6 is 0 Å². The standard InChI is InChI=1S/C19H18N4O5/c1-11-16(18(24)21-14-8-3-4-9-15(14)28-2)17(22-19(25)20-11)12-6-5-7-13(10-12)23(26)27/h3-10,17H,1-2H3,(H,21,24)(H2,20,22,25)/t17-/m0/s1. The van der Waals surface area contributed by atoms with Gasteiger partial charge in [0.2, 0.25) is 0 Å². The fourth-order valence-corrected chi connectivity index (χ4v) is 3.00. The second-order valence-corrected chi connectivity index (χ2v) is 6.08. The molecule has 2 aromatic carbocycles. The van der Waals surface area contributed by atoms with Gasteiger partial charge in [-0.2, -0.15) is 0 Å². The summed E-state index contributed by atoms with van der Waals surface area (Å²) in [4.78, 5) is 35.5. The van der Waals surface area contributed by atoms with Crippen molar-refractivity contribution in [3.63, 3.8) is 0 Å². The highest BCUT2D eigenvalue weighted by molar-refractivity contribution is 6.07. The number of carbonyl (C=O) groups is 2. The van der Waals surface area contributed by atoms with E-state index in [0.29, 0.717) is 22.7 Å². The number of ether oxygens (including phenoxy) is 1. The van der Waals surface area contributed by atoms with Gasteiger partial charge in [-0.25, -0.2) is 4.79 Å². The molecule has 0 aromatic heterocycles. The lowest BCUT2D eigenvalue weighted by molar-refractivity contribution is -0.384. The van der Waals surface area contributed by atoms with Gasteiger partial charge in [0.05, 0.1) is 29.3 Å². The van der Waals surface area contributed by atoms with E-state index in [2.05, 4.69) is 16.0 Å². The van der Waals surface area contributed by atoms with Crippen molar-refractivity contribution >= 4 is 23.3 Å². The Morgan fingerprint density at radius 3 is 2.68 bits per heavy atom. The zero-order valence-corrected chi connectivity index (χ0v) is 15.2. The molecular weight excluding hydrogens is 364 g/mol. The third kappa shape index (κ3) is 3.78. The van der Waals surface area contributed by atoms with Crippen LogP contribution in [0.1, 0.15) is 18.5 Å². The van der Waals surface area contributed by atoms with E-state index in [1.807, 2.05) is 0 Å². The quantitative estimate of drug-likeness (QED) is 0.542. The largest absolute Gasteiger partial charge is 0.495 e. The predicted molar refractivity (Wildman–Crippen MR) is 102 cm³/mol. The highest BCUT2D eigenvalue weighted by Crippen LogP contribution is 2.31. The van der Waals surface area contributed by atoms with Crippen LogP contribution in [0.5, 0.6) is 5.75 Å². The molecule has 0 fully saturated rings. The van der Waals surface area contributed by atoms with Gasteiger partial charge in [0.15, 0.2) is 0 Å². The van der Waals surface area contributed by atoms with Crippen molar-refractivity contribution in [1.29, 1.82) is 0 Å². The molecular formula is C19H18N4O5. The molecule has 3 amide bonds. The van der Waals surface area contributed by atoms with Crippen molar-refractivity contribution in [2.24, 2.45) is 0 Å².